The van der Waals surface area contributed by atoms with Gasteiger partial charge in [0.2, 0.25) is 0 Å². The second-order valence-corrected chi connectivity index (χ2v) is 12.1. The molecule has 4 aromatic heterocycles. The Kier molecular flexibility index (Phi) is 17.9. The number of nitro groups is 2. The van der Waals surface area contributed by atoms with Crippen LogP contribution in [0.15, 0.2) is 85.5 Å². The average Bonchev–Trinajstić information content (AvgIpc) is 3.14. The van der Waals surface area contributed by atoms with E-state index in [1.54, 1.807) is 0 Å². The number of aromatic nitrogens is 6. The van der Waals surface area contributed by atoms with Gasteiger partial charge < -0.3 is 20.4 Å². The number of rotatable bonds is 5. The number of hydrogen-bond acceptors (Lipinski definition) is 14. The highest BCUT2D eigenvalue weighted by Gasteiger charge is 2.18. The van der Waals surface area contributed by atoms with Crippen LogP contribution in [0.25, 0.3) is 0 Å². The van der Waals surface area contributed by atoms with E-state index in [4.69, 9.17) is 20.4 Å². The largest absolute Gasteiger partial charge is 0.502 e. The minimum absolute atomic E-state index is 0.532. The van der Waals surface area contributed by atoms with Crippen LogP contribution < -0.4 is 0 Å². The summed E-state index contributed by atoms with van der Waals surface area (Å²) in [5.41, 5.74) is 9.59. The lowest BCUT2D eigenvalue weighted by Crippen LogP contribution is -1.97. The Morgan fingerprint density at radius 3 is 0.821 bits per heavy atom. The van der Waals surface area contributed by atoms with Crippen molar-refractivity contribution in [3.05, 3.63) is 162 Å². The third-order valence-electron chi connectivity index (χ3n) is 7.99. The molecule has 4 heterocycles. The topological polar surface area (TPSA) is 245 Å². The Balaban J connectivity index is 0.000000243. The lowest BCUT2D eigenvalue weighted by Gasteiger charge is -2.01. The maximum Gasteiger partial charge on any atom is 0.351 e. The fraction of sp³-hybridized carbons (Fsp3) is 0.250. The van der Waals surface area contributed by atoms with E-state index in [2.05, 4.69) is 54.2 Å². The molecule has 0 saturated carbocycles. The summed E-state index contributed by atoms with van der Waals surface area (Å²) in [5, 5.41) is 55.7. The molecule has 16 heteroatoms. The van der Waals surface area contributed by atoms with Gasteiger partial charge >= 0.3 is 11.4 Å². The van der Waals surface area contributed by atoms with E-state index >= 15 is 0 Å². The van der Waals surface area contributed by atoms with Crippen molar-refractivity contribution in [1.29, 1.82) is 0 Å². The Morgan fingerprint density at radius 2 is 0.643 bits per heavy atom. The van der Waals surface area contributed by atoms with Crippen LogP contribution in [0.5, 0.6) is 23.0 Å². The van der Waals surface area contributed by atoms with Gasteiger partial charge in [-0.05, 0) is 128 Å². The zero-order valence-corrected chi connectivity index (χ0v) is 32.5. The summed E-state index contributed by atoms with van der Waals surface area (Å²) >= 11 is 0. The van der Waals surface area contributed by atoms with Gasteiger partial charge in [-0.1, -0.05) is 12.1 Å². The highest BCUT2D eigenvalue weighted by atomic mass is 16.6. The molecule has 0 atom stereocenters. The summed E-state index contributed by atoms with van der Waals surface area (Å²) in [6.45, 7) is 15.8. The van der Waals surface area contributed by atoms with E-state index < -0.39 is 44.2 Å². The van der Waals surface area contributed by atoms with E-state index in [1.165, 1.54) is 23.3 Å². The smallest absolute Gasteiger partial charge is 0.351 e. The molecular formula is C40H46N8O8. The molecule has 4 N–H and O–H groups in total. The van der Waals surface area contributed by atoms with Crippen molar-refractivity contribution < 1.29 is 30.3 Å². The third kappa shape index (κ3) is 14.7. The molecule has 16 nitrogen and oxygen atoms in total. The number of benzene rings is 2. The number of phenols is 4. The van der Waals surface area contributed by atoms with Crippen LogP contribution >= 0.6 is 0 Å². The van der Waals surface area contributed by atoms with Crippen molar-refractivity contribution in [3.8, 4) is 23.0 Å². The summed E-state index contributed by atoms with van der Waals surface area (Å²) in [5.74, 6) is -2.13. The molecule has 0 spiro atoms. The molecule has 2 aromatic carbocycles. The Hall–Kier alpha value is -7.10. The fourth-order valence-electron chi connectivity index (χ4n) is 4.45. The van der Waals surface area contributed by atoms with Gasteiger partial charge in [0.05, 0.1) is 55.4 Å². The van der Waals surface area contributed by atoms with Crippen molar-refractivity contribution >= 4 is 11.4 Å². The predicted molar refractivity (Wildman–Crippen MR) is 211 cm³/mol. The summed E-state index contributed by atoms with van der Waals surface area (Å²) in [6.07, 6.45) is 9.46. The first-order valence-corrected chi connectivity index (χ1v) is 17.1. The summed E-state index contributed by atoms with van der Waals surface area (Å²) in [4.78, 5) is 43.8. The predicted octanol–water partition coefficient (Wildman–Crippen LogP) is 7.69. The van der Waals surface area contributed by atoms with Crippen LogP contribution in [-0.2, 0) is 12.8 Å². The molecule has 0 bridgehead atoms. The molecule has 56 heavy (non-hydrogen) atoms. The molecule has 294 valence electrons. The number of aromatic hydroxyl groups is 4. The van der Waals surface area contributed by atoms with Gasteiger partial charge in [-0.25, -0.2) is 0 Å². The fourth-order valence-corrected chi connectivity index (χ4v) is 4.45. The van der Waals surface area contributed by atoms with Crippen LogP contribution in [-0.4, -0.2) is 60.2 Å². The number of para-hydroxylation sites is 2. The monoisotopic (exact) mass is 766 g/mol. The van der Waals surface area contributed by atoms with Crippen LogP contribution in [0, 0.1) is 75.6 Å². The SMILES string of the molecule is Cc1nc(C)c(C)nc1C.Cc1nc(C)c(C)nc1C.O=[N+]([O-])c1c(O)cccc1O.O=[N+]([O-])c1c(O)cccc1O.c1cc(CCc2ccncc2)ccn1. The molecule has 0 saturated heterocycles. The number of phenolic OH excluding ortho intramolecular Hbond substituents is 4. The first kappa shape index (κ1) is 45.1. The minimum Gasteiger partial charge on any atom is -0.502 e. The number of nitro benzene ring substituents is 2. The van der Waals surface area contributed by atoms with E-state index in [1.807, 2.05) is 80.2 Å². The Labute approximate surface area is 324 Å². The van der Waals surface area contributed by atoms with Crippen LogP contribution in [0.4, 0.5) is 11.4 Å². The number of aryl methyl sites for hydroxylation is 10. The minimum atomic E-state index is -0.843. The Bertz CT molecular complexity index is 1910. The van der Waals surface area contributed by atoms with Crippen LogP contribution in [0.2, 0.25) is 0 Å². The van der Waals surface area contributed by atoms with Gasteiger partial charge in [-0.3, -0.25) is 50.1 Å². The van der Waals surface area contributed by atoms with Crippen LogP contribution in [0.1, 0.15) is 56.7 Å². The summed E-state index contributed by atoms with van der Waals surface area (Å²) in [7, 11) is 0. The highest BCUT2D eigenvalue weighted by Crippen LogP contribution is 2.34. The van der Waals surface area contributed by atoms with Crippen molar-refractivity contribution in [2.24, 2.45) is 0 Å². The molecule has 0 aliphatic rings. The molecule has 6 aromatic rings. The molecule has 0 aliphatic heterocycles. The zero-order chi connectivity index (χ0) is 41.9. The standard InChI is InChI=1S/C12H12N2.2C8H12N2.2C6H5NO4/c1(11-3-7-13-8-4-11)2-12-5-9-14-10-6-12;2*1-5-6(2)10-8(4)7(3)9-5;2*8-4-2-1-3-5(9)6(4)7(10)11/h3-10H,1-2H2;2*1-4H3;2*1-3,8-9H. The van der Waals surface area contributed by atoms with E-state index in [-0.39, 0.29) is 0 Å². The van der Waals surface area contributed by atoms with Gasteiger partial charge in [0.25, 0.3) is 0 Å². The molecule has 0 amide bonds. The van der Waals surface area contributed by atoms with Gasteiger partial charge in [-0.15, -0.1) is 0 Å². The Morgan fingerprint density at radius 1 is 0.429 bits per heavy atom. The zero-order valence-electron chi connectivity index (χ0n) is 32.5. The first-order chi connectivity index (χ1) is 26.4. The van der Waals surface area contributed by atoms with E-state index in [0.29, 0.717) is 0 Å². The number of pyridine rings is 2. The van der Waals surface area contributed by atoms with E-state index in [9.17, 15) is 20.2 Å². The molecule has 0 aliphatic carbocycles. The second kappa shape index (κ2) is 22.2. The average molecular weight is 767 g/mol. The molecular weight excluding hydrogens is 720 g/mol. The first-order valence-electron chi connectivity index (χ1n) is 17.1. The number of hydrogen-bond donors (Lipinski definition) is 4. The number of nitrogens with zero attached hydrogens (tertiary/aromatic N) is 8. The van der Waals surface area contributed by atoms with E-state index in [0.717, 1.165) is 82.7 Å². The van der Waals surface area contributed by atoms with Gasteiger partial charge in [0.15, 0.2) is 23.0 Å². The summed E-state index contributed by atoms with van der Waals surface area (Å²) in [6, 6.07) is 15.4. The maximum absolute atomic E-state index is 10.1. The van der Waals surface area contributed by atoms with Crippen LogP contribution in [0.3, 0.4) is 0 Å². The van der Waals surface area contributed by atoms with Crippen molar-refractivity contribution in [2.45, 2.75) is 68.2 Å². The lowest BCUT2D eigenvalue weighted by atomic mass is 10.1. The van der Waals surface area contributed by atoms with Gasteiger partial charge in [0, 0.05) is 24.8 Å². The second-order valence-electron chi connectivity index (χ2n) is 12.1. The van der Waals surface area contributed by atoms with Crippen molar-refractivity contribution in [2.75, 3.05) is 0 Å². The summed E-state index contributed by atoms with van der Waals surface area (Å²) < 4.78 is 0. The highest BCUT2D eigenvalue weighted by molar-refractivity contribution is 5.56. The molecule has 0 unspecified atom stereocenters. The third-order valence-corrected chi connectivity index (χ3v) is 7.99. The van der Waals surface area contributed by atoms with Crippen molar-refractivity contribution in [3.63, 3.8) is 0 Å². The molecule has 0 radical (unpaired) electrons. The molecule has 0 fully saturated rings. The lowest BCUT2D eigenvalue weighted by molar-refractivity contribution is -0.387. The van der Waals surface area contributed by atoms with Gasteiger partial charge in [0.1, 0.15) is 0 Å². The van der Waals surface area contributed by atoms with Crippen molar-refractivity contribution in [1.82, 2.24) is 29.9 Å². The van der Waals surface area contributed by atoms with Gasteiger partial charge in [-0.2, -0.15) is 0 Å². The quantitative estimate of drug-likeness (QED) is 0.0970. The normalized spacial score (nSPS) is 9.79. The molecule has 6 rings (SSSR count). The maximum atomic E-state index is 10.1.